The standard InChI is InChI=1S/C24H30Cl2N2O4/c1-17-13-19(25)7-9-21(17)31-15-23(29)27-11-5-3-4-6-12-28-24(30)16-32-22-10-8-20(26)14-18(22)2/h7-10,13-14H,3-6,11-12,15-16H2,1-2H3,(H,27,29)(H,28,30). The van der Waals surface area contributed by atoms with E-state index < -0.39 is 0 Å². The van der Waals surface area contributed by atoms with Crippen LogP contribution < -0.4 is 20.1 Å². The average molecular weight is 481 g/mol. The van der Waals surface area contributed by atoms with Crippen molar-refractivity contribution >= 4 is 35.0 Å². The lowest BCUT2D eigenvalue weighted by molar-refractivity contribution is -0.123. The van der Waals surface area contributed by atoms with E-state index in [0.29, 0.717) is 34.6 Å². The van der Waals surface area contributed by atoms with Gasteiger partial charge in [0.2, 0.25) is 0 Å². The Morgan fingerprint density at radius 2 is 1.12 bits per heavy atom. The lowest BCUT2D eigenvalue weighted by Gasteiger charge is -2.10. The zero-order chi connectivity index (χ0) is 23.3. The molecule has 0 bridgehead atoms. The lowest BCUT2D eigenvalue weighted by atomic mass is 10.2. The maximum atomic E-state index is 11.9. The Morgan fingerprint density at radius 1 is 0.719 bits per heavy atom. The summed E-state index contributed by atoms with van der Waals surface area (Å²) in [6.07, 6.45) is 3.68. The van der Waals surface area contributed by atoms with E-state index in [1.54, 1.807) is 36.4 Å². The lowest BCUT2D eigenvalue weighted by Crippen LogP contribution is -2.30. The second-order valence-electron chi connectivity index (χ2n) is 7.51. The molecule has 0 aliphatic carbocycles. The number of ether oxygens (including phenoxy) is 2. The zero-order valence-corrected chi connectivity index (χ0v) is 20.0. The first-order chi connectivity index (χ1) is 15.3. The van der Waals surface area contributed by atoms with Gasteiger partial charge in [-0.25, -0.2) is 0 Å². The van der Waals surface area contributed by atoms with Crippen LogP contribution in [0.5, 0.6) is 11.5 Å². The van der Waals surface area contributed by atoms with Crippen LogP contribution in [0.15, 0.2) is 36.4 Å². The van der Waals surface area contributed by atoms with Crippen molar-refractivity contribution in [3.63, 3.8) is 0 Å². The maximum Gasteiger partial charge on any atom is 0.257 e. The number of amides is 2. The highest BCUT2D eigenvalue weighted by Gasteiger charge is 2.06. The number of hydrogen-bond donors (Lipinski definition) is 2. The molecule has 0 spiro atoms. The first-order valence-corrected chi connectivity index (χ1v) is 11.4. The summed E-state index contributed by atoms with van der Waals surface area (Å²) in [5.74, 6) is 1.01. The van der Waals surface area contributed by atoms with Crippen LogP contribution in [0.4, 0.5) is 0 Å². The second kappa shape index (κ2) is 13.9. The summed E-state index contributed by atoms with van der Waals surface area (Å²) >= 11 is 11.8. The minimum absolute atomic E-state index is 0.0217. The van der Waals surface area contributed by atoms with Gasteiger partial charge in [0.05, 0.1) is 0 Å². The zero-order valence-electron chi connectivity index (χ0n) is 18.5. The van der Waals surface area contributed by atoms with Crippen molar-refractivity contribution in [3.05, 3.63) is 57.6 Å². The third kappa shape index (κ3) is 9.79. The fourth-order valence-electron chi connectivity index (χ4n) is 3.00. The van der Waals surface area contributed by atoms with Crippen LogP contribution in [0.3, 0.4) is 0 Å². The summed E-state index contributed by atoms with van der Waals surface area (Å²) < 4.78 is 11.0. The Morgan fingerprint density at radius 3 is 1.50 bits per heavy atom. The molecule has 8 heteroatoms. The van der Waals surface area contributed by atoms with E-state index in [9.17, 15) is 9.59 Å². The van der Waals surface area contributed by atoms with E-state index in [2.05, 4.69) is 10.6 Å². The van der Waals surface area contributed by atoms with Crippen molar-refractivity contribution in [1.82, 2.24) is 10.6 Å². The van der Waals surface area contributed by atoms with Gasteiger partial charge >= 0.3 is 0 Å². The normalized spacial score (nSPS) is 10.5. The highest BCUT2D eigenvalue weighted by molar-refractivity contribution is 6.31. The van der Waals surface area contributed by atoms with Gasteiger partial charge in [0.15, 0.2) is 13.2 Å². The largest absolute Gasteiger partial charge is 0.484 e. The predicted molar refractivity (Wildman–Crippen MR) is 128 cm³/mol. The van der Waals surface area contributed by atoms with E-state index in [1.807, 2.05) is 13.8 Å². The maximum absolute atomic E-state index is 11.9. The van der Waals surface area contributed by atoms with E-state index >= 15 is 0 Å². The molecule has 0 saturated heterocycles. The number of carbonyl (C=O) groups excluding carboxylic acids is 2. The smallest absolute Gasteiger partial charge is 0.257 e. The summed E-state index contributed by atoms with van der Waals surface area (Å²) in [4.78, 5) is 23.8. The molecule has 0 unspecified atom stereocenters. The van der Waals surface area contributed by atoms with Gasteiger partial charge in [-0.05, 0) is 74.2 Å². The van der Waals surface area contributed by atoms with Gasteiger partial charge in [0, 0.05) is 23.1 Å². The van der Waals surface area contributed by atoms with Crippen LogP contribution >= 0.6 is 23.2 Å². The average Bonchev–Trinajstić information content (AvgIpc) is 2.74. The van der Waals surface area contributed by atoms with E-state index in [1.165, 1.54) is 0 Å². The van der Waals surface area contributed by atoms with Crippen molar-refractivity contribution in [2.45, 2.75) is 39.5 Å². The topological polar surface area (TPSA) is 76.7 Å². The molecular weight excluding hydrogens is 451 g/mol. The highest BCUT2D eigenvalue weighted by atomic mass is 35.5. The first-order valence-electron chi connectivity index (χ1n) is 10.7. The number of nitrogens with one attached hydrogen (secondary N) is 2. The van der Waals surface area contributed by atoms with E-state index in [4.69, 9.17) is 32.7 Å². The van der Waals surface area contributed by atoms with Gasteiger partial charge in [0.25, 0.3) is 11.8 Å². The number of rotatable bonds is 13. The van der Waals surface area contributed by atoms with Crippen molar-refractivity contribution in [1.29, 1.82) is 0 Å². The Labute approximate surface area is 199 Å². The molecule has 2 rings (SSSR count). The van der Waals surface area contributed by atoms with Gasteiger partial charge in [-0.15, -0.1) is 0 Å². The molecule has 0 aliphatic heterocycles. The molecule has 0 atom stereocenters. The summed E-state index contributed by atoms with van der Waals surface area (Å²) in [7, 11) is 0. The molecule has 0 fully saturated rings. The minimum Gasteiger partial charge on any atom is -0.484 e. The van der Waals surface area contributed by atoms with Gasteiger partial charge in [-0.2, -0.15) is 0 Å². The number of halogens is 2. The van der Waals surface area contributed by atoms with E-state index in [-0.39, 0.29) is 25.0 Å². The molecule has 0 heterocycles. The Bertz CT molecular complexity index is 832. The molecule has 2 N–H and O–H groups in total. The molecule has 0 radical (unpaired) electrons. The number of carbonyl (C=O) groups is 2. The summed E-state index contributed by atoms with van der Waals surface area (Å²) in [6.45, 7) is 4.92. The third-order valence-electron chi connectivity index (χ3n) is 4.74. The fraction of sp³-hybridized carbons (Fsp3) is 0.417. The number of unbranched alkanes of at least 4 members (excludes halogenated alkanes) is 3. The van der Waals surface area contributed by atoms with Crippen molar-refractivity contribution < 1.29 is 19.1 Å². The van der Waals surface area contributed by atoms with Crippen LogP contribution in [0.25, 0.3) is 0 Å². The predicted octanol–water partition coefficient (Wildman–Crippen LogP) is 4.86. The van der Waals surface area contributed by atoms with Crippen molar-refractivity contribution in [2.24, 2.45) is 0 Å². The van der Waals surface area contributed by atoms with E-state index in [0.717, 1.165) is 36.8 Å². The Balaban J connectivity index is 1.46. The summed E-state index contributed by atoms with van der Waals surface area (Å²) in [5.41, 5.74) is 1.79. The first kappa shape index (κ1) is 25.8. The van der Waals surface area contributed by atoms with Gasteiger partial charge < -0.3 is 20.1 Å². The van der Waals surface area contributed by atoms with Gasteiger partial charge in [-0.1, -0.05) is 36.0 Å². The van der Waals surface area contributed by atoms with Crippen molar-refractivity contribution in [3.8, 4) is 11.5 Å². The number of benzene rings is 2. The molecular formula is C24H30Cl2N2O4. The molecule has 2 aromatic rings. The van der Waals surface area contributed by atoms with Crippen LogP contribution in [0.2, 0.25) is 10.0 Å². The van der Waals surface area contributed by atoms with Gasteiger partial charge in [0.1, 0.15) is 11.5 Å². The monoisotopic (exact) mass is 480 g/mol. The molecule has 32 heavy (non-hydrogen) atoms. The van der Waals surface area contributed by atoms with Gasteiger partial charge in [-0.3, -0.25) is 9.59 Å². The molecule has 0 saturated carbocycles. The highest BCUT2D eigenvalue weighted by Crippen LogP contribution is 2.22. The molecule has 0 aromatic heterocycles. The fourth-order valence-corrected chi connectivity index (χ4v) is 3.45. The molecule has 0 aliphatic rings. The SMILES string of the molecule is Cc1cc(Cl)ccc1OCC(=O)NCCCCCCNC(=O)COc1ccc(Cl)cc1C. The number of aryl methyl sites for hydroxylation is 2. The van der Waals surface area contributed by atoms with Crippen LogP contribution in [0.1, 0.15) is 36.8 Å². The minimum atomic E-state index is -0.150. The molecule has 174 valence electrons. The quantitative estimate of drug-likeness (QED) is 0.401. The Kier molecular flexibility index (Phi) is 11.2. The van der Waals surface area contributed by atoms with Crippen LogP contribution in [0, 0.1) is 13.8 Å². The summed E-state index contributed by atoms with van der Waals surface area (Å²) in [5, 5.41) is 6.98. The van der Waals surface area contributed by atoms with Crippen LogP contribution in [-0.2, 0) is 9.59 Å². The molecule has 2 aromatic carbocycles. The summed E-state index contributed by atoms with van der Waals surface area (Å²) in [6, 6.07) is 10.6. The second-order valence-corrected chi connectivity index (χ2v) is 8.38. The third-order valence-corrected chi connectivity index (χ3v) is 5.21. The molecule has 6 nitrogen and oxygen atoms in total. The van der Waals surface area contributed by atoms with Crippen LogP contribution in [-0.4, -0.2) is 38.1 Å². The van der Waals surface area contributed by atoms with Crippen molar-refractivity contribution in [2.75, 3.05) is 26.3 Å². The Hall–Kier alpha value is -2.44. The number of hydrogen-bond acceptors (Lipinski definition) is 4. The molecule has 2 amide bonds.